The number of unbranched alkanes of at least 4 members (excludes halogenated alkanes) is 5. The van der Waals surface area contributed by atoms with Crippen molar-refractivity contribution in [3.05, 3.63) is 144 Å². The Hall–Kier alpha value is -12.0. The molecule has 0 aliphatic carbocycles. The highest BCUT2D eigenvalue weighted by Gasteiger charge is 2.39. The van der Waals surface area contributed by atoms with Crippen molar-refractivity contribution in [1.82, 2.24) is 89.1 Å². The number of aliphatic hydroxyl groups is 2. The summed E-state index contributed by atoms with van der Waals surface area (Å²) in [6.07, 6.45) is 8.58. The third-order valence-corrected chi connectivity index (χ3v) is 23.3. The number of benzene rings is 4. The molecule has 0 fully saturated rings. The Morgan fingerprint density at radius 1 is 0.328 bits per heavy atom. The molecule has 4 aromatic carbocycles. The Bertz CT molecular complexity index is 5140. The van der Waals surface area contributed by atoms with Gasteiger partial charge in [0.2, 0.25) is 82.7 Å². The van der Waals surface area contributed by atoms with Gasteiger partial charge in [-0.2, -0.15) is 25.3 Å². The largest absolute Gasteiger partial charge is 0.394 e. The number of fused-ring (bicyclic) bond motifs is 4. The number of hydrogen-bond donors (Lipinski definition) is 28. The summed E-state index contributed by atoms with van der Waals surface area (Å²) in [5.74, 6) is -13.4. The van der Waals surface area contributed by atoms with E-state index in [1.165, 1.54) is 0 Å². The zero-order valence-electron chi connectivity index (χ0n) is 73.5. The van der Waals surface area contributed by atoms with E-state index in [0.717, 1.165) is 45.2 Å². The van der Waals surface area contributed by atoms with Gasteiger partial charge in [-0.3, -0.25) is 67.1 Å². The molecule has 0 aliphatic rings. The monoisotopic (exact) mass is 1850 g/mol. The summed E-state index contributed by atoms with van der Waals surface area (Å²) in [5, 5.41) is 58.7. The number of nitrogens with two attached hydrogens (primary N) is 7. The lowest BCUT2D eigenvalue weighted by Crippen LogP contribution is -2.62. The molecule has 42 heteroatoms. The summed E-state index contributed by atoms with van der Waals surface area (Å²) in [4.78, 5) is 212. The van der Waals surface area contributed by atoms with E-state index in [-0.39, 0.29) is 109 Å². The SMILES string of the molecule is C[C@@H](O)[C@H](NC(=O)[C@H](CS)NC(=O)[C@H](CCCCN)NC(=O)[C@H](Cc1c[nH]c2ccccc12)NC(=O)[C@H](CCCCN)NC(=O)[C@@H](N)Cc1c[nH]c2ccccc12)C(=O)N[C@@H](CCCCN)C(=O)N[C@@H](CO)C(=O)NCC(=O)N[C@@H](CS)C(=O)N[C@@H](CCCCN)C(=O)N[C@@H](Cc1c[nH]c2ccccc12)C(=O)N[C@@H](CCCCN)C(=O)N[C@@H](Cc1c[nH]c2ccccc12)C(N)=O. The Kier molecular flexibility index (Phi) is 43.0. The summed E-state index contributed by atoms with van der Waals surface area (Å²) in [6, 6.07) is 10.7. The standard InChI is InChI=1S/C89H128N24O16S2/c1-50(115)76(113-88(128)74(49-131)112-84(124)67(31-13-18-36-93)105-86(126)70(40-53-44-99-62-26-8-4-22-57(53)62)109-81(121)64(28-10-15-33-90)103-78(118)59(95)38-51-42-97-60-24-6-2-20-55(51)60)89(129)107-68(32-14-19-37-94)83(123)111-72(47-114)79(119)101-46-75(116)102-73(48-130)87(127)106-66(30-12-17-35-92)82(122)110-71(41-54-45-100-63-27-9-5-23-58(54)63)85(125)104-65(29-11-16-34-91)80(120)108-69(77(96)117)39-52-43-98-61-25-7-3-21-56(52)61/h2-9,20-27,42-45,50,59,64-74,76,97-100,114-115,130-131H,10-19,28-41,46-49,90-95H2,1H3,(H2,96,117)(H,101,119)(H,102,116)(H,103,118)(H,104,125)(H,105,126)(H,106,127)(H,107,129)(H,108,120)(H,109,121)(H,110,122)(H,111,123)(H,112,124)(H,113,128)/t50-,59+,64+,65+,66+,67+,68+,69+,70+,71+,72+,73+,74+,76+/m1/s1. The smallest absolute Gasteiger partial charge is 0.245 e. The van der Waals surface area contributed by atoms with Crippen LogP contribution in [0.5, 0.6) is 0 Å². The topological polar surface area (TPSA) is 681 Å². The van der Waals surface area contributed by atoms with Gasteiger partial charge in [-0.05, 0) is 189 Å². The van der Waals surface area contributed by atoms with Gasteiger partial charge in [0.15, 0.2) is 0 Å². The highest BCUT2D eigenvalue weighted by atomic mass is 32.1. The van der Waals surface area contributed by atoms with Gasteiger partial charge in [0, 0.05) is 99.2 Å². The number of primary amides is 1. The number of amides is 14. The minimum absolute atomic E-state index is 0.0165. The fraction of sp³-hybridized carbons (Fsp3) is 0.483. The first kappa shape index (κ1) is 104. The Morgan fingerprint density at radius 3 is 0.924 bits per heavy atom. The third-order valence-electron chi connectivity index (χ3n) is 22.5. The van der Waals surface area contributed by atoms with Crippen LogP contribution >= 0.6 is 25.3 Å². The Labute approximate surface area is 769 Å². The number of H-pyrrole nitrogens is 4. The van der Waals surface area contributed by atoms with Crippen molar-refractivity contribution in [3.8, 4) is 0 Å². The highest BCUT2D eigenvalue weighted by Crippen LogP contribution is 2.25. The average molecular weight is 1850 g/mol. The van der Waals surface area contributed by atoms with Gasteiger partial charge in [-0.1, -0.05) is 72.8 Å². The number of aromatic amines is 4. The van der Waals surface area contributed by atoms with E-state index >= 15 is 0 Å². The number of rotatable bonds is 59. The second-order valence-corrected chi connectivity index (χ2v) is 33.1. The number of carbonyl (C=O) groups excluding carboxylic acids is 14. The Balaban J connectivity index is 0.891. The number of aliphatic hydroxyl groups excluding tert-OH is 2. The normalized spacial score (nSPS) is 14.6. The maximum Gasteiger partial charge on any atom is 0.245 e. The summed E-state index contributed by atoms with van der Waals surface area (Å²) < 4.78 is 0. The van der Waals surface area contributed by atoms with Gasteiger partial charge in [0.05, 0.1) is 25.3 Å². The lowest BCUT2D eigenvalue weighted by Gasteiger charge is -2.28. The molecular formula is C89H128N24O16S2. The molecule has 33 N–H and O–H groups in total. The summed E-state index contributed by atoms with van der Waals surface area (Å²) in [6.45, 7) is 0.326. The van der Waals surface area contributed by atoms with E-state index in [2.05, 4.69) is 114 Å². The van der Waals surface area contributed by atoms with Gasteiger partial charge in [0.1, 0.15) is 72.5 Å². The molecule has 131 heavy (non-hydrogen) atoms. The quantitative estimate of drug-likeness (QED) is 0.0138. The zero-order valence-corrected chi connectivity index (χ0v) is 75.3. The minimum atomic E-state index is -1.85. The zero-order chi connectivity index (χ0) is 95.1. The molecule has 40 nitrogen and oxygen atoms in total. The number of nitrogens with one attached hydrogen (secondary N) is 17. The average Bonchev–Trinajstić information content (AvgIpc) is 1.69. The molecule has 4 heterocycles. The molecule has 0 aliphatic heterocycles. The van der Waals surface area contributed by atoms with Crippen LogP contribution in [0.25, 0.3) is 43.6 Å². The predicted octanol–water partition coefficient (Wildman–Crippen LogP) is -2.49. The maximum absolute atomic E-state index is 14.9. The second-order valence-electron chi connectivity index (χ2n) is 32.4. The molecule has 14 atom stereocenters. The van der Waals surface area contributed by atoms with E-state index in [0.29, 0.717) is 79.1 Å². The summed E-state index contributed by atoms with van der Waals surface area (Å²) in [5.41, 5.74) is 47.4. The van der Waals surface area contributed by atoms with Crippen molar-refractivity contribution >= 4 is 152 Å². The minimum Gasteiger partial charge on any atom is -0.394 e. The summed E-state index contributed by atoms with van der Waals surface area (Å²) >= 11 is 8.65. The Morgan fingerprint density at radius 2 is 0.595 bits per heavy atom. The molecule has 712 valence electrons. The van der Waals surface area contributed by atoms with Crippen molar-refractivity contribution in [2.75, 3.05) is 57.4 Å². The van der Waals surface area contributed by atoms with Crippen molar-refractivity contribution in [1.29, 1.82) is 0 Å². The fourth-order valence-electron chi connectivity index (χ4n) is 15.1. The van der Waals surface area contributed by atoms with E-state index < -0.39 is 186 Å². The van der Waals surface area contributed by atoms with Crippen LogP contribution in [0, 0.1) is 0 Å². The second kappa shape index (κ2) is 54.0. The van der Waals surface area contributed by atoms with Crippen molar-refractivity contribution in [2.24, 2.45) is 40.1 Å². The lowest BCUT2D eigenvalue weighted by molar-refractivity contribution is -0.137. The number of para-hydroxylation sites is 4. The van der Waals surface area contributed by atoms with E-state index in [4.69, 9.17) is 40.1 Å². The van der Waals surface area contributed by atoms with Gasteiger partial charge >= 0.3 is 0 Å². The van der Waals surface area contributed by atoms with Gasteiger partial charge in [-0.15, -0.1) is 0 Å². The van der Waals surface area contributed by atoms with Gasteiger partial charge in [-0.25, -0.2) is 0 Å². The molecule has 14 amide bonds. The first-order valence-corrected chi connectivity index (χ1v) is 45.5. The van der Waals surface area contributed by atoms with Crippen LogP contribution in [-0.2, 0) is 92.8 Å². The van der Waals surface area contributed by atoms with Crippen LogP contribution in [0.1, 0.15) is 125 Å². The van der Waals surface area contributed by atoms with Crippen molar-refractivity contribution in [3.63, 3.8) is 0 Å². The molecular weight excluding hydrogens is 1730 g/mol. The van der Waals surface area contributed by atoms with Crippen LogP contribution < -0.4 is 109 Å². The highest BCUT2D eigenvalue weighted by molar-refractivity contribution is 7.80. The number of thiol groups is 2. The van der Waals surface area contributed by atoms with Gasteiger partial charge in [0.25, 0.3) is 0 Å². The number of carbonyl (C=O) groups is 14. The number of aromatic nitrogens is 4. The molecule has 8 rings (SSSR count). The van der Waals surface area contributed by atoms with Crippen LogP contribution in [0.4, 0.5) is 0 Å². The van der Waals surface area contributed by atoms with Gasteiger partial charge < -0.3 is 139 Å². The lowest BCUT2D eigenvalue weighted by atomic mass is 10.0. The first-order chi connectivity index (χ1) is 63.1. The third kappa shape index (κ3) is 31.6. The van der Waals surface area contributed by atoms with Crippen molar-refractivity contribution in [2.45, 2.75) is 214 Å². The molecule has 0 saturated heterocycles. The first-order valence-electron chi connectivity index (χ1n) is 44.2. The van der Waals surface area contributed by atoms with Crippen LogP contribution in [0.3, 0.4) is 0 Å². The van der Waals surface area contributed by atoms with E-state index in [9.17, 15) is 77.3 Å². The molecule has 4 aromatic heterocycles. The molecule has 8 aromatic rings. The molecule has 0 unspecified atom stereocenters. The van der Waals surface area contributed by atoms with E-state index in [1.807, 2.05) is 78.9 Å². The molecule has 0 bridgehead atoms. The molecule has 0 spiro atoms. The van der Waals surface area contributed by atoms with Crippen molar-refractivity contribution < 1.29 is 77.3 Å². The summed E-state index contributed by atoms with van der Waals surface area (Å²) in [7, 11) is 0. The van der Waals surface area contributed by atoms with Crippen LogP contribution in [0.15, 0.2) is 122 Å². The molecule has 0 radical (unpaired) electrons. The fourth-order valence-corrected chi connectivity index (χ4v) is 15.7. The predicted molar refractivity (Wildman–Crippen MR) is 502 cm³/mol. The number of hydrogen-bond acceptors (Lipinski definition) is 24. The molecule has 0 saturated carbocycles. The van der Waals surface area contributed by atoms with E-state index in [1.54, 1.807) is 43.0 Å². The van der Waals surface area contributed by atoms with Crippen LogP contribution in [0.2, 0.25) is 0 Å². The van der Waals surface area contributed by atoms with Crippen LogP contribution in [-0.4, -0.2) is 255 Å². The maximum atomic E-state index is 14.9.